The van der Waals surface area contributed by atoms with Gasteiger partial charge in [0.1, 0.15) is 17.7 Å². The van der Waals surface area contributed by atoms with Crippen molar-refractivity contribution in [3.8, 4) is 11.8 Å². The summed E-state index contributed by atoms with van der Waals surface area (Å²) in [6, 6.07) is 0. The van der Waals surface area contributed by atoms with Crippen molar-refractivity contribution in [2.45, 2.75) is 70.5 Å². The van der Waals surface area contributed by atoms with E-state index in [0.29, 0.717) is 24.9 Å². The van der Waals surface area contributed by atoms with Crippen molar-refractivity contribution in [3.63, 3.8) is 0 Å². The number of carbonyl (C=O) groups excluding carboxylic acids is 2. The highest BCUT2D eigenvalue weighted by Gasteiger charge is 2.47. The van der Waals surface area contributed by atoms with Gasteiger partial charge in [-0.3, -0.25) is 14.2 Å². The molecule has 4 rings (SSSR count). The second-order valence-electron chi connectivity index (χ2n) is 9.17. The summed E-state index contributed by atoms with van der Waals surface area (Å²) < 4.78 is 19.3. The van der Waals surface area contributed by atoms with Gasteiger partial charge in [0.05, 0.1) is 12.9 Å². The molecule has 1 saturated heterocycles. The molecule has 1 saturated carbocycles. The lowest BCUT2D eigenvalue weighted by Gasteiger charge is -2.26. The van der Waals surface area contributed by atoms with Gasteiger partial charge in [-0.2, -0.15) is 0 Å². The monoisotopic (exact) mass is 501 g/mol. The molecule has 2 aromatic heterocycles. The second kappa shape index (κ2) is 11.2. The highest BCUT2D eigenvalue weighted by molar-refractivity contribution is 5.83. The highest BCUT2D eigenvalue weighted by Crippen LogP contribution is 2.33. The first-order chi connectivity index (χ1) is 17.8. The largest absolute Gasteiger partial charge is 0.466 e. The number of esters is 1. The van der Waals surface area contributed by atoms with Crippen LogP contribution in [0.4, 0.5) is 5.82 Å². The standard InChI is InChI=1S/C24H32N6O6/c1-3-26-23(34)20-18(32)19(33)24(36-20)30-12-27-17-21(25)28-16(29-22(17)30)6-4-5-14-7-9-15(10-8-14)11-35-13(2)31/h12,14-15,18-20,24,32-33H,3,5,7-11H2,1-2H3,(H,26,34)(H2,25,28,29)/t14?,15?,18-,19+,20-,24?/m0/s1/i1D. The number of ether oxygens (including phenoxy) is 2. The minimum Gasteiger partial charge on any atom is -0.466 e. The van der Waals surface area contributed by atoms with Crippen molar-refractivity contribution >= 4 is 28.9 Å². The lowest BCUT2D eigenvalue weighted by molar-refractivity contribution is -0.142. The molecule has 2 aromatic rings. The summed E-state index contributed by atoms with van der Waals surface area (Å²) in [4.78, 5) is 36.1. The molecule has 3 heterocycles. The summed E-state index contributed by atoms with van der Waals surface area (Å²) in [6.45, 7) is 1.97. The Balaban J connectivity index is 1.44. The third-order valence-electron chi connectivity index (χ3n) is 6.60. The van der Waals surface area contributed by atoms with Crippen LogP contribution in [0, 0.1) is 23.7 Å². The number of imidazole rings is 1. The van der Waals surface area contributed by atoms with E-state index >= 15 is 0 Å². The maximum Gasteiger partial charge on any atom is 0.302 e. The van der Waals surface area contributed by atoms with Crippen LogP contribution in [-0.4, -0.2) is 73.1 Å². The first-order valence-corrected chi connectivity index (χ1v) is 12.0. The number of fused-ring (bicyclic) bond motifs is 1. The molecular weight excluding hydrogens is 468 g/mol. The van der Waals surface area contributed by atoms with E-state index in [0.717, 1.165) is 25.7 Å². The van der Waals surface area contributed by atoms with Gasteiger partial charge in [0.2, 0.25) is 5.82 Å². The van der Waals surface area contributed by atoms with Crippen molar-refractivity contribution < 1.29 is 30.6 Å². The van der Waals surface area contributed by atoms with Gasteiger partial charge in [-0.15, -0.1) is 0 Å². The predicted octanol–water partition coefficient (Wildman–Crippen LogP) is 0.275. The van der Waals surface area contributed by atoms with Crippen molar-refractivity contribution in [3.05, 3.63) is 12.2 Å². The number of aromatic nitrogens is 4. The van der Waals surface area contributed by atoms with Gasteiger partial charge in [-0.05, 0) is 50.3 Å². The molecule has 12 heteroatoms. The van der Waals surface area contributed by atoms with Crippen LogP contribution >= 0.6 is 0 Å². The van der Waals surface area contributed by atoms with Gasteiger partial charge in [0.15, 0.2) is 23.8 Å². The number of likely N-dealkylation sites (N-methyl/N-ethyl adjacent to an activating group) is 1. The molecule has 1 unspecified atom stereocenters. The summed E-state index contributed by atoms with van der Waals surface area (Å²) in [7, 11) is 0. The molecule has 2 aliphatic rings. The third-order valence-corrected chi connectivity index (χ3v) is 6.60. The average molecular weight is 502 g/mol. The number of hydrogen-bond donors (Lipinski definition) is 4. The van der Waals surface area contributed by atoms with Crippen LogP contribution in [0.25, 0.3) is 11.2 Å². The molecule has 5 N–H and O–H groups in total. The maximum absolute atomic E-state index is 12.3. The fourth-order valence-corrected chi connectivity index (χ4v) is 4.62. The van der Waals surface area contributed by atoms with E-state index < -0.39 is 30.4 Å². The number of nitrogens with one attached hydrogen (secondary N) is 1. The lowest BCUT2D eigenvalue weighted by atomic mass is 9.81. The van der Waals surface area contributed by atoms with Crippen LogP contribution < -0.4 is 11.1 Å². The number of aliphatic hydroxyl groups excluding tert-OH is 2. The summed E-state index contributed by atoms with van der Waals surface area (Å²) in [5.74, 6) is 6.35. The number of hydrogen-bond acceptors (Lipinski definition) is 10. The Morgan fingerprint density at radius 1 is 1.28 bits per heavy atom. The quantitative estimate of drug-likeness (QED) is 0.318. The molecule has 0 bridgehead atoms. The zero-order chi connectivity index (χ0) is 26.5. The first-order valence-electron chi connectivity index (χ1n) is 12.7. The predicted molar refractivity (Wildman–Crippen MR) is 128 cm³/mol. The van der Waals surface area contributed by atoms with E-state index in [-0.39, 0.29) is 42.2 Å². The van der Waals surface area contributed by atoms with Crippen LogP contribution in [0.3, 0.4) is 0 Å². The number of carbonyl (C=O) groups is 2. The number of rotatable bonds is 6. The summed E-state index contributed by atoms with van der Waals surface area (Å²) in [5, 5.41) is 23.4. The Morgan fingerprint density at radius 2 is 2.03 bits per heavy atom. The molecular formula is C24H32N6O6. The maximum atomic E-state index is 12.3. The molecule has 1 aliphatic carbocycles. The van der Waals surface area contributed by atoms with Gasteiger partial charge in [0.25, 0.3) is 5.91 Å². The Kier molecular flexibility index (Phi) is 7.60. The number of nitrogens with zero attached hydrogens (tertiary/aromatic N) is 4. The molecule has 4 atom stereocenters. The van der Waals surface area contributed by atoms with Crippen molar-refractivity contribution in [1.82, 2.24) is 24.8 Å². The Hall–Kier alpha value is -3.27. The fourth-order valence-electron chi connectivity index (χ4n) is 4.62. The number of nitrogens with two attached hydrogens (primary N) is 1. The van der Waals surface area contributed by atoms with Gasteiger partial charge < -0.3 is 30.7 Å². The smallest absolute Gasteiger partial charge is 0.302 e. The van der Waals surface area contributed by atoms with Crippen LogP contribution in [-0.2, 0) is 19.1 Å². The van der Waals surface area contributed by atoms with Crippen LogP contribution in [0.15, 0.2) is 6.33 Å². The Labute approximate surface area is 210 Å². The average Bonchev–Trinajstić information content (AvgIpc) is 3.43. The van der Waals surface area contributed by atoms with Crippen LogP contribution in [0.5, 0.6) is 0 Å². The van der Waals surface area contributed by atoms with E-state index in [4.69, 9.17) is 16.6 Å². The van der Waals surface area contributed by atoms with E-state index in [1.807, 2.05) is 0 Å². The summed E-state index contributed by atoms with van der Waals surface area (Å²) in [5.41, 5.74) is 6.61. The molecule has 1 amide bonds. The molecule has 194 valence electrons. The van der Waals surface area contributed by atoms with Gasteiger partial charge in [-0.1, -0.05) is 5.92 Å². The molecule has 1 aliphatic heterocycles. The zero-order valence-corrected chi connectivity index (χ0v) is 20.1. The number of nitrogen functional groups attached to an aromatic ring is 1. The fraction of sp³-hybridized carbons (Fsp3) is 0.625. The van der Waals surface area contributed by atoms with Gasteiger partial charge >= 0.3 is 5.97 Å². The van der Waals surface area contributed by atoms with E-state index in [2.05, 4.69) is 32.1 Å². The van der Waals surface area contributed by atoms with E-state index in [1.54, 1.807) is 0 Å². The van der Waals surface area contributed by atoms with Crippen molar-refractivity contribution in [1.29, 1.82) is 0 Å². The number of anilines is 1. The van der Waals surface area contributed by atoms with Crippen molar-refractivity contribution in [2.24, 2.45) is 11.8 Å². The zero-order valence-electron chi connectivity index (χ0n) is 21.1. The number of amides is 1. The van der Waals surface area contributed by atoms with Crippen LogP contribution in [0.1, 0.15) is 59.4 Å². The molecule has 36 heavy (non-hydrogen) atoms. The molecule has 0 spiro atoms. The molecule has 12 nitrogen and oxygen atoms in total. The van der Waals surface area contributed by atoms with Crippen molar-refractivity contribution in [2.75, 3.05) is 18.9 Å². The van der Waals surface area contributed by atoms with E-state index in [9.17, 15) is 19.8 Å². The minimum absolute atomic E-state index is 0.0238. The minimum atomic E-state index is -1.48. The second-order valence-corrected chi connectivity index (χ2v) is 9.17. The highest BCUT2D eigenvalue weighted by atomic mass is 16.6. The lowest BCUT2D eigenvalue weighted by Crippen LogP contribution is -2.42. The van der Waals surface area contributed by atoms with E-state index in [1.165, 1.54) is 17.8 Å². The first kappa shape index (κ1) is 24.4. The normalized spacial score (nSPS) is 28.2. The van der Waals surface area contributed by atoms with Crippen LogP contribution in [0.2, 0.25) is 0 Å². The Morgan fingerprint density at radius 3 is 2.75 bits per heavy atom. The summed E-state index contributed by atoms with van der Waals surface area (Å²) in [6.07, 6.45) is 0.671. The molecule has 0 aromatic carbocycles. The topological polar surface area (TPSA) is 175 Å². The SMILES string of the molecule is [2H]CCNC(=O)[C@H]1OC(n2cnc3c(N)nc(C#CCC4CCC(COC(C)=O)CC4)nc32)[C@H](O)[C@@H]1O. The molecule has 0 radical (unpaired) electrons. The summed E-state index contributed by atoms with van der Waals surface area (Å²) >= 11 is 0. The number of aliphatic hydroxyl groups is 2. The van der Waals surface area contributed by atoms with Gasteiger partial charge in [0, 0.05) is 21.3 Å². The van der Waals surface area contributed by atoms with Gasteiger partial charge in [-0.25, -0.2) is 15.0 Å². The molecule has 2 fully saturated rings. The third kappa shape index (κ3) is 5.59. The Bertz CT molecular complexity index is 1190.